The molecule has 3 aromatic rings. The molecule has 3 rings (SSSR count). The summed E-state index contributed by atoms with van der Waals surface area (Å²) < 4.78 is 7.86. The van der Waals surface area contributed by atoms with E-state index < -0.39 is 0 Å². The van der Waals surface area contributed by atoms with Crippen LogP contribution in [0.1, 0.15) is 13.8 Å². The number of nitrogens with one attached hydrogen (secondary N) is 2. The van der Waals surface area contributed by atoms with Crippen molar-refractivity contribution in [3.05, 3.63) is 52.6 Å². The Kier molecular flexibility index (Phi) is 7.70. The maximum Gasteiger partial charge on any atom is 0.323 e. The van der Waals surface area contributed by atoms with E-state index in [9.17, 15) is 4.79 Å². The minimum Gasteiger partial charge on any atom is -0.490 e. The first-order chi connectivity index (χ1) is 14.7. The SMILES string of the molecule is CC(C)COc1c(Cl)cc(NC(=O)Nc2ccc3c(ccn3CCN(C)C)c2)cc1Cl. The first-order valence-electron chi connectivity index (χ1n) is 10.2. The first-order valence-corrected chi connectivity index (χ1v) is 10.9. The molecule has 2 aromatic carbocycles. The van der Waals surface area contributed by atoms with Gasteiger partial charge >= 0.3 is 6.03 Å². The van der Waals surface area contributed by atoms with E-state index in [2.05, 4.69) is 40.4 Å². The van der Waals surface area contributed by atoms with Gasteiger partial charge in [-0.15, -0.1) is 0 Å². The monoisotopic (exact) mass is 462 g/mol. The molecule has 0 unspecified atom stereocenters. The van der Waals surface area contributed by atoms with E-state index in [1.165, 1.54) is 0 Å². The number of aromatic nitrogens is 1. The van der Waals surface area contributed by atoms with Crippen LogP contribution in [0.25, 0.3) is 10.9 Å². The highest BCUT2D eigenvalue weighted by atomic mass is 35.5. The van der Waals surface area contributed by atoms with E-state index in [0.29, 0.717) is 39.7 Å². The van der Waals surface area contributed by atoms with Gasteiger partial charge in [0, 0.05) is 41.6 Å². The van der Waals surface area contributed by atoms with Gasteiger partial charge in [-0.05, 0) is 56.4 Å². The van der Waals surface area contributed by atoms with E-state index >= 15 is 0 Å². The molecule has 0 fully saturated rings. The molecule has 0 spiro atoms. The molecule has 0 aliphatic rings. The molecule has 6 nitrogen and oxygen atoms in total. The average molecular weight is 463 g/mol. The summed E-state index contributed by atoms with van der Waals surface area (Å²) in [5.41, 5.74) is 2.31. The largest absolute Gasteiger partial charge is 0.490 e. The fraction of sp³-hybridized carbons (Fsp3) is 0.348. The molecule has 0 atom stereocenters. The summed E-state index contributed by atoms with van der Waals surface area (Å²) in [6.45, 7) is 6.45. The number of likely N-dealkylation sites (N-methyl/N-ethyl adjacent to an activating group) is 1. The summed E-state index contributed by atoms with van der Waals surface area (Å²) >= 11 is 12.6. The van der Waals surface area contributed by atoms with Crippen molar-refractivity contribution in [3.63, 3.8) is 0 Å². The van der Waals surface area contributed by atoms with Gasteiger partial charge in [0.15, 0.2) is 5.75 Å². The molecule has 2 amide bonds. The predicted octanol–water partition coefficient (Wildman–Crippen LogP) is 6.19. The number of carbonyl (C=O) groups excluding carboxylic acids is 1. The van der Waals surface area contributed by atoms with E-state index in [-0.39, 0.29) is 6.03 Å². The van der Waals surface area contributed by atoms with Gasteiger partial charge in [0.25, 0.3) is 0 Å². The second-order valence-electron chi connectivity index (χ2n) is 8.14. The number of hydrogen-bond acceptors (Lipinski definition) is 3. The molecule has 0 aliphatic heterocycles. The highest BCUT2D eigenvalue weighted by Gasteiger charge is 2.13. The molecule has 8 heteroatoms. The lowest BCUT2D eigenvalue weighted by Crippen LogP contribution is -2.19. The molecule has 31 heavy (non-hydrogen) atoms. The molecule has 1 heterocycles. The van der Waals surface area contributed by atoms with E-state index in [0.717, 1.165) is 24.0 Å². The Morgan fingerprint density at radius 3 is 2.39 bits per heavy atom. The zero-order valence-electron chi connectivity index (χ0n) is 18.2. The Balaban J connectivity index is 1.66. The van der Waals surface area contributed by atoms with Crippen molar-refractivity contribution in [1.29, 1.82) is 0 Å². The summed E-state index contributed by atoms with van der Waals surface area (Å²) in [6, 6.07) is 10.8. The summed E-state index contributed by atoms with van der Waals surface area (Å²) in [6.07, 6.45) is 2.06. The fourth-order valence-electron chi connectivity index (χ4n) is 3.09. The predicted molar refractivity (Wildman–Crippen MR) is 130 cm³/mol. The zero-order chi connectivity index (χ0) is 22.5. The molecule has 1 aromatic heterocycles. The number of amides is 2. The van der Waals surface area contributed by atoms with Crippen LogP contribution in [0.3, 0.4) is 0 Å². The van der Waals surface area contributed by atoms with E-state index in [1.54, 1.807) is 12.1 Å². The third-order valence-electron chi connectivity index (χ3n) is 4.63. The molecule has 0 saturated carbocycles. The third-order valence-corrected chi connectivity index (χ3v) is 5.20. The topological polar surface area (TPSA) is 58.5 Å². The van der Waals surface area contributed by atoms with Gasteiger partial charge in [-0.3, -0.25) is 0 Å². The van der Waals surface area contributed by atoms with Crippen molar-refractivity contribution in [1.82, 2.24) is 9.47 Å². The zero-order valence-corrected chi connectivity index (χ0v) is 19.7. The number of anilines is 2. The normalized spacial score (nSPS) is 11.4. The van der Waals surface area contributed by atoms with Crippen molar-refractivity contribution >= 4 is 51.5 Å². The Morgan fingerprint density at radius 1 is 1.06 bits per heavy atom. The number of benzene rings is 2. The Morgan fingerprint density at radius 2 is 1.74 bits per heavy atom. The number of carbonyl (C=O) groups is 1. The number of hydrogen-bond donors (Lipinski definition) is 2. The second kappa shape index (κ2) is 10.3. The van der Waals surface area contributed by atoms with Crippen molar-refractivity contribution < 1.29 is 9.53 Å². The quantitative estimate of drug-likeness (QED) is 0.419. The van der Waals surface area contributed by atoms with E-state index in [4.69, 9.17) is 27.9 Å². The number of rotatable bonds is 8. The Hall–Kier alpha value is -2.41. The molecule has 2 N–H and O–H groups in total. The third kappa shape index (κ3) is 6.29. The molecule has 0 bridgehead atoms. The van der Waals surface area contributed by atoms with Crippen LogP contribution in [-0.4, -0.2) is 42.7 Å². The van der Waals surface area contributed by atoms with Crippen molar-refractivity contribution in [2.24, 2.45) is 5.92 Å². The van der Waals surface area contributed by atoms with Gasteiger partial charge < -0.3 is 24.8 Å². The molecular formula is C23H28Cl2N4O2. The Labute approximate surface area is 193 Å². The minimum atomic E-state index is -0.380. The Bertz CT molecular complexity index is 1040. The average Bonchev–Trinajstić information content (AvgIpc) is 3.07. The highest BCUT2D eigenvalue weighted by molar-refractivity contribution is 6.37. The van der Waals surface area contributed by atoms with Crippen LogP contribution >= 0.6 is 23.2 Å². The van der Waals surface area contributed by atoms with Gasteiger partial charge in [-0.1, -0.05) is 37.0 Å². The summed E-state index contributed by atoms with van der Waals surface area (Å²) in [7, 11) is 4.11. The highest BCUT2D eigenvalue weighted by Crippen LogP contribution is 2.36. The lowest BCUT2D eigenvalue weighted by atomic mass is 10.2. The van der Waals surface area contributed by atoms with Crippen molar-refractivity contribution in [2.45, 2.75) is 20.4 Å². The smallest absolute Gasteiger partial charge is 0.323 e. The fourth-order valence-corrected chi connectivity index (χ4v) is 3.69. The van der Waals surface area contributed by atoms with Gasteiger partial charge in [0.1, 0.15) is 0 Å². The van der Waals surface area contributed by atoms with Crippen molar-refractivity contribution in [2.75, 3.05) is 37.9 Å². The lowest BCUT2D eigenvalue weighted by molar-refractivity contribution is 0.262. The molecule has 166 valence electrons. The number of nitrogens with zero attached hydrogens (tertiary/aromatic N) is 2. The van der Waals surface area contributed by atoms with Crippen LogP contribution in [0.5, 0.6) is 5.75 Å². The van der Waals surface area contributed by atoms with Crippen LogP contribution in [0.15, 0.2) is 42.6 Å². The lowest BCUT2D eigenvalue weighted by Gasteiger charge is -2.14. The van der Waals surface area contributed by atoms with Gasteiger partial charge in [-0.25, -0.2) is 4.79 Å². The number of urea groups is 1. The van der Waals surface area contributed by atoms with Crippen molar-refractivity contribution in [3.8, 4) is 5.75 Å². The summed E-state index contributed by atoms with van der Waals surface area (Å²) in [4.78, 5) is 14.6. The van der Waals surface area contributed by atoms with Crippen LogP contribution in [-0.2, 0) is 6.54 Å². The van der Waals surface area contributed by atoms with E-state index in [1.807, 2.05) is 38.1 Å². The number of ether oxygens (including phenoxy) is 1. The van der Waals surface area contributed by atoms with Crippen LogP contribution in [0.4, 0.5) is 16.2 Å². The molecule has 0 aliphatic carbocycles. The maximum atomic E-state index is 12.5. The number of fused-ring (bicyclic) bond motifs is 1. The molecule has 0 saturated heterocycles. The van der Waals surface area contributed by atoms with Crippen LogP contribution in [0.2, 0.25) is 10.0 Å². The molecular weight excluding hydrogens is 435 g/mol. The van der Waals surface area contributed by atoms with Crippen LogP contribution < -0.4 is 15.4 Å². The van der Waals surface area contributed by atoms with Crippen LogP contribution in [0, 0.1) is 5.92 Å². The standard InChI is InChI=1S/C23H28Cl2N4O2/c1-15(2)14-31-22-19(24)12-18(13-20(22)25)27-23(30)26-17-5-6-21-16(11-17)7-8-29(21)10-9-28(3)4/h5-8,11-13,15H,9-10,14H2,1-4H3,(H2,26,27,30). The van der Waals surface area contributed by atoms with Gasteiger partial charge in [-0.2, -0.15) is 0 Å². The first kappa shape index (κ1) is 23.3. The molecule has 0 radical (unpaired) electrons. The summed E-state index contributed by atoms with van der Waals surface area (Å²) in [5, 5.41) is 7.38. The summed E-state index contributed by atoms with van der Waals surface area (Å²) in [5.74, 6) is 0.769. The van der Waals surface area contributed by atoms with Gasteiger partial charge in [0.05, 0.1) is 16.7 Å². The van der Waals surface area contributed by atoms with Gasteiger partial charge in [0.2, 0.25) is 0 Å². The number of halogens is 2. The maximum absolute atomic E-state index is 12.5. The minimum absolute atomic E-state index is 0.345. The second-order valence-corrected chi connectivity index (χ2v) is 8.95.